The second-order valence-corrected chi connectivity index (χ2v) is 13.9. The highest BCUT2D eigenvalue weighted by molar-refractivity contribution is 7.21. The molecule has 0 N–H and O–H groups in total. The number of carbonyl (C=O) groups excluding carboxylic acids is 1. The van der Waals surface area contributed by atoms with Gasteiger partial charge in [-0.25, -0.2) is 9.36 Å². The van der Waals surface area contributed by atoms with E-state index in [9.17, 15) is 14.4 Å². The highest BCUT2D eigenvalue weighted by atomic mass is 32.1. The van der Waals surface area contributed by atoms with Crippen LogP contribution in [0.1, 0.15) is 82.4 Å². The maximum atomic E-state index is 14.7. The molecule has 0 bridgehead atoms. The van der Waals surface area contributed by atoms with Crippen LogP contribution in [-0.2, 0) is 26.4 Å². The predicted molar refractivity (Wildman–Crippen MR) is 176 cm³/mol. The van der Waals surface area contributed by atoms with Gasteiger partial charge in [0.1, 0.15) is 27.2 Å². The van der Waals surface area contributed by atoms with Crippen LogP contribution in [0.5, 0.6) is 5.75 Å². The summed E-state index contributed by atoms with van der Waals surface area (Å²) in [4.78, 5) is 45.0. The number of thiophene rings is 1. The quantitative estimate of drug-likeness (QED) is 0.214. The fourth-order valence-corrected chi connectivity index (χ4v) is 8.10. The van der Waals surface area contributed by atoms with Gasteiger partial charge in [0.05, 0.1) is 37.5 Å². The SMILES string of the molecule is COc1ccccc1[C@H](Cn1c(=O)n(C(C)(C)C(=O)CC2CCCCC2)c(=O)c2c(C)c(-n3nccn3)sc21)OC1CCOCC1. The van der Waals surface area contributed by atoms with Crippen molar-refractivity contribution in [3.63, 3.8) is 0 Å². The molecule has 2 fully saturated rings. The first kappa shape index (κ1) is 32.3. The van der Waals surface area contributed by atoms with Gasteiger partial charge in [-0.1, -0.05) is 61.6 Å². The number of Topliss-reactive ketones (excluding diaryl/α,β-unsaturated/α-hetero) is 1. The monoisotopic (exact) mass is 649 g/mol. The Morgan fingerprint density at radius 2 is 1.76 bits per heavy atom. The highest BCUT2D eigenvalue weighted by Gasteiger charge is 2.37. The minimum atomic E-state index is -1.36. The number of aryl methyl sites for hydroxylation is 1. The molecule has 2 aliphatic rings. The van der Waals surface area contributed by atoms with Crippen molar-refractivity contribution in [2.24, 2.45) is 5.92 Å². The van der Waals surface area contributed by atoms with Gasteiger partial charge in [-0.2, -0.15) is 10.2 Å². The first-order chi connectivity index (χ1) is 22.2. The molecule has 0 unspecified atom stereocenters. The summed E-state index contributed by atoms with van der Waals surface area (Å²) in [6.45, 7) is 6.54. The van der Waals surface area contributed by atoms with Crippen LogP contribution < -0.4 is 16.0 Å². The number of ether oxygens (including phenoxy) is 3. The maximum absolute atomic E-state index is 14.7. The average Bonchev–Trinajstić information content (AvgIpc) is 3.71. The van der Waals surface area contributed by atoms with Crippen LogP contribution in [0, 0.1) is 12.8 Å². The molecule has 12 heteroatoms. The van der Waals surface area contributed by atoms with Crippen LogP contribution in [0.25, 0.3) is 15.2 Å². The summed E-state index contributed by atoms with van der Waals surface area (Å²) < 4.78 is 20.8. The molecule has 246 valence electrons. The van der Waals surface area contributed by atoms with E-state index in [2.05, 4.69) is 10.2 Å². The molecule has 6 rings (SSSR count). The molecule has 11 nitrogen and oxygen atoms in total. The third-order valence-corrected chi connectivity index (χ3v) is 10.9. The Kier molecular flexibility index (Phi) is 9.58. The van der Waals surface area contributed by atoms with Gasteiger partial charge in [-0.05, 0) is 45.6 Å². The van der Waals surface area contributed by atoms with Gasteiger partial charge in [0.15, 0.2) is 5.78 Å². The van der Waals surface area contributed by atoms with Gasteiger partial charge in [0, 0.05) is 30.8 Å². The molecule has 1 aliphatic heterocycles. The lowest BCUT2D eigenvalue weighted by Gasteiger charge is -2.31. The lowest BCUT2D eigenvalue weighted by Crippen LogP contribution is -2.53. The van der Waals surface area contributed by atoms with Crippen molar-refractivity contribution in [3.05, 3.63) is 68.6 Å². The van der Waals surface area contributed by atoms with Gasteiger partial charge in [0.2, 0.25) is 0 Å². The Balaban J connectivity index is 1.52. The number of carbonyl (C=O) groups is 1. The number of aromatic nitrogens is 5. The van der Waals surface area contributed by atoms with E-state index in [1.807, 2.05) is 31.2 Å². The molecule has 0 amide bonds. The molecule has 1 saturated carbocycles. The van der Waals surface area contributed by atoms with E-state index in [4.69, 9.17) is 14.2 Å². The average molecular weight is 650 g/mol. The van der Waals surface area contributed by atoms with E-state index in [0.29, 0.717) is 46.2 Å². The Morgan fingerprint density at radius 1 is 1.07 bits per heavy atom. The molecule has 1 aliphatic carbocycles. The van der Waals surface area contributed by atoms with Gasteiger partial charge in [0.25, 0.3) is 5.56 Å². The number of para-hydroxylation sites is 1. The van der Waals surface area contributed by atoms with Crippen LogP contribution in [0.4, 0.5) is 0 Å². The summed E-state index contributed by atoms with van der Waals surface area (Å²) in [5.41, 5.74) is -0.940. The lowest BCUT2D eigenvalue weighted by atomic mass is 9.82. The Labute approximate surface area is 272 Å². The van der Waals surface area contributed by atoms with Crippen LogP contribution in [0.2, 0.25) is 0 Å². The smallest absolute Gasteiger partial charge is 0.333 e. The third kappa shape index (κ3) is 6.22. The number of hydrogen-bond donors (Lipinski definition) is 0. The van der Waals surface area contributed by atoms with Crippen LogP contribution in [-0.4, -0.2) is 56.3 Å². The number of nitrogens with zero attached hydrogens (tertiary/aromatic N) is 5. The lowest BCUT2D eigenvalue weighted by molar-refractivity contribution is -0.127. The summed E-state index contributed by atoms with van der Waals surface area (Å²) in [6, 6.07) is 7.63. The van der Waals surface area contributed by atoms with E-state index in [0.717, 1.165) is 44.1 Å². The number of rotatable bonds is 11. The van der Waals surface area contributed by atoms with Gasteiger partial charge in [-0.3, -0.25) is 14.2 Å². The number of hydrogen-bond acceptors (Lipinski definition) is 9. The number of fused-ring (bicyclic) bond motifs is 1. The molecule has 0 spiro atoms. The van der Waals surface area contributed by atoms with Crippen molar-refractivity contribution in [1.82, 2.24) is 24.1 Å². The van der Waals surface area contributed by atoms with Gasteiger partial charge < -0.3 is 14.2 Å². The van der Waals surface area contributed by atoms with Crippen LogP contribution in [0.3, 0.4) is 0 Å². The largest absolute Gasteiger partial charge is 0.496 e. The predicted octanol–water partition coefficient (Wildman–Crippen LogP) is 5.33. The van der Waals surface area contributed by atoms with Crippen molar-refractivity contribution in [2.45, 2.75) is 96.4 Å². The summed E-state index contributed by atoms with van der Waals surface area (Å²) in [6.07, 6.45) is 9.66. The van der Waals surface area contributed by atoms with E-state index in [1.165, 1.54) is 27.1 Å². The molecule has 0 radical (unpaired) electrons. The van der Waals surface area contributed by atoms with Gasteiger partial charge in [-0.15, -0.1) is 4.80 Å². The molecule has 3 aromatic heterocycles. The minimum Gasteiger partial charge on any atom is -0.496 e. The molecule has 4 heterocycles. The number of methoxy groups -OCH3 is 1. The van der Waals surface area contributed by atoms with Crippen molar-refractivity contribution >= 4 is 27.3 Å². The molecule has 46 heavy (non-hydrogen) atoms. The molecule has 1 aromatic carbocycles. The zero-order valence-electron chi connectivity index (χ0n) is 27.1. The van der Waals surface area contributed by atoms with Gasteiger partial charge >= 0.3 is 5.69 Å². The number of ketones is 1. The van der Waals surface area contributed by atoms with Crippen molar-refractivity contribution in [2.75, 3.05) is 20.3 Å². The fraction of sp³-hybridized carbons (Fsp3) is 0.559. The second-order valence-electron chi connectivity index (χ2n) is 12.9. The molecule has 1 atom stereocenters. The van der Waals surface area contributed by atoms with Crippen molar-refractivity contribution in [3.8, 4) is 10.8 Å². The minimum absolute atomic E-state index is 0.0804. The first-order valence-electron chi connectivity index (χ1n) is 16.3. The van der Waals surface area contributed by atoms with E-state index in [-0.39, 0.29) is 24.3 Å². The fourth-order valence-electron chi connectivity index (χ4n) is 6.89. The molecular formula is C34H43N5O6S. The highest BCUT2D eigenvalue weighted by Crippen LogP contribution is 2.36. The summed E-state index contributed by atoms with van der Waals surface area (Å²) >= 11 is 1.28. The third-order valence-electron chi connectivity index (χ3n) is 9.59. The molecular weight excluding hydrogens is 606 g/mol. The summed E-state index contributed by atoms with van der Waals surface area (Å²) in [5.74, 6) is 0.806. The topological polar surface area (TPSA) is 119 Å². The summed E-state index contributed by atoms with van der Waals surface area (Å²) in [5, 5.41) is 9.63. The van der Waals surface area contributed by atoms with Crippen molar-refractivity contribution < 1.29 is 19.0 Å². The zero-order chi connectivity index (χ0) is 32.4. The van der Waals surface area contributed by atoms with Crippen LogP contribution >= 0.6 is 11.3 Å². The zero-order valence-corrected chi connectivity index (χ0v) is 27.9. The molecule has 1 saturated heterocycles. The Bertz CT molecular complexity index is 1790. The normalized spacial score (nSPS) is 17.4. The van der Waals surface area contributed by atoms with E-state index < -0.39 is 22.9 Å². The maximum Gasteiger partial charge on any atom is 0.333 e. The Morgan fingerprint density at radius 3 is 2.46 bits per heavy atom. The van der Waals surface area contributed by atoms with E-state index in [1.54, 1.807) is 37.9 Å². The van der Waals surface area contributed by atoms with Crippen molar-refractivity contribution in [1.29, 1.82) is 0 Å². The number of benzene rings is 1. The summed E-state index contributed by atoms with van der Waals surface area (Å²) in [7, 11) is 1.61. The first-order valence-corrected chi connectivity index (χ1v) is 17.1. The second kappa shape index (κ2) is 13.6. The standard InChI is InChI=1S/C34H43N5O6S/c1-22-29-30(41)38(34(2,3)28(40)20-23-10-6-5-7-11-23)33(42)37(32(29)46-31(22)39-35-16-17-36-39)21-27(45-24-14-18-44-19-15-24)25-12-8-9-13-26(25)43-4/h8-9,12-13,16-17,23-24,27H,5-7,10-11,14-15,18-21H2,1-4H3/t27-/m0/s1. The van der Waals surface area contributed by atoms with Crippen LogP contribution in [0.15, 0.2) is 46.2 Å². The molecule has 4 aromatic rings. The van der Waals surface area contributed by atoms with E-state index >= 15 is 0 Å². The Hall–Kier alpha value is -3.61.